The Hall–Kier alpha value is -0.990. The average molecular weight is 447 g/mol. The van der Waals surface area contributed by atoms with Gasteiger partial charge in [-0.05, 0) is 24.4 Å². The molecule has 0 aliphatic rings. The number of hydrogen-bond acceptors (Lipinski definition) is 4. The molecule has 0 fully saturated rings. The Labute approximate surface area is 170 Å². The van der Waals surface area contributed by atoms with Gasteiger partial charge >= 0.3 is 5.97 Å². The van der Waals surface area contributed by atoms with E-state index in [1.165, 1.54) is 7.11 Å². The second-order valence-electron chi connectivity index (χ2n) is 4.70. The fourth-order valence-corrected chi connectivity index (χ4v) is 2.34. The monoisotopic (exact) mass is 445 g/mol. The summed E-state index contributed by atoms with van der Waals surface area (Å²) >= 11 is 28.7. The Kier molecular flexibility index (Phi) is 9.02. The minimum Gasteiger partial charge on any atom is -0.469 e. The molecule has 0 saturated carbocycles. The van der Waals surface area contributed by atoms with Gasteiger partial charge in [0.15, 0.2) is 5.11 Å². The van der Waals surface area contributed by atoms with E-state index in [0.717, 1.165) is 0 Å². The van der Waals surface area contributed by atoms with Gasteiger partial charge in [-0.15, -0.1) is 0 Å². The SMILES string of the molecule is COC(=O)CCC(=O)N[C@H](NC(=S)Nc1ccccc1Cl)C(Cl)(Cl)Cl. The molecule has 0 aliphatic carbocycles. The highest BCUT2D eigenvalue weighted by Crippen LogP contribution is 2.29. The molecule has 1 aromatic rings. The number of esters is 1. The maximum Gasteiger partial charge on any atom is 0.306 e. The number of hydrogen-bond donors (Lipinski definition) is 3. The molecule has 0 radical (unpaired) electrons. The van der Waals surface area contributed by atoms with Crippen LogP contribution in [-0.4, -0.2) is 34.1 Å². The summed E-state index contributed by atoms with van der Waals surface area (Å²) in [5.41, 5.74) is 0.543. The molecule has 1 aromatic carbocycles. The number of amides is 1. The van der Waals surface area contributed by atoms with Gasteiger partial charge in [0, 0.05) is 6.42 Å². The van der Waals surface area contributed by atoms with Gasteiger partial charge < -0.3 is 20.7 Å². The zero-order chi connectivity index (χ0) is 19.0. The van der Waals surface area contributed by atoms with Crippen molar-refractivity contribution >= 4 is 81.3 Å². The molecule has 1 atom stereocenters. The van der Waals surface area contributed by atoms with Gasteiger partial charge in [0.1, 0.15) is 6.17 Å². The maximum atomic E-state index is 11.9. The van der Waals surface area contributed by atoms with Crippen molar-refractivity contribution in [2.24, 2.45) is 0 Å². The summed E-state index contributed by atoms with van der Waals surface area (Å²) in [6.07, 6.45) is -1.36. The van der Waals surface area contributed by atoms with Crippen LogP contribution in [0.4, 0.5) is 5.69 Å². The van der Waals surface area contributed by atoms with E-state index in [1.807, 2.05) is 0 Å². The van der Waals surface area contributed by atoms with Gasteiger partial charge in [0.25, 0.3) is 0 Å². The first-order valence-electron chi connectivity index (χ1n) is 6.88. The van der Waals surface area contributed by atoms with Crippen LogP contribution in [0.15, 0.2) is 24.3 Å². The number of nitrogens with one attached hydrogen (secondary N) is 3. The van der Waals surface area contributed by atoms with Crippen molar-refractivity contribution < 1.29 is 14.3 Å². The number of carbonyl (C=O) groups is 2. The number of ether oxygens (including phenoxy) is 1. The van der Waals surface area contributed by atoms with Gasteiger partial charge in [-0.2, -0.15) is 0 Å². The number of halogens is 4. The highest BCUT2D eigenvalue weighted by atomic mass is 35.6. The van der Waals surface area contributed by atoms with Crippen LogP contribution in [-0.2, 0) is 14.3 Å². The van der Waals surface area contributed by atoms with Crippen LogP contribution < -0.4 is 16.0 Å². The van der Waals surface area contributed by atoms with Crippen molar-refractivity contribution in [3.8, 4) is 0 Å². The molecule has 3 N–H and O–H groups in total. The average Bonchev–Trinajstić information content (AvgIpc) is 2.53. The lowest BCUT2D eigenvalue weighted by molar-refractivity contribution is -0.142. The van der Waals surface area contributed by atoms with E-state index in [-0.39, 0.29) is 18.0 Å². The number of benzene rings is 1. The van der Waals surface area contributed by atoms with Crippen LogP contribution in [0.5, 0.6) is 0 Å². The molecular weight excluding hydrogens is 432 g/mol. The van der Waals surface area contributed by atoms with E-state index in [4.69, 9.17) is 58.6 Å². The molecule has 25 heavy (non-hydrogen) atoms. The second-order valence-corrected chi connectivity index (χ2v) is 7.88. The third kappa shape index (κ3) is 8.29. The molecule has 0 bridgehead atoms. The van der Waals surface area contributed by atoms with E-state index >= 15 is 0 Å². The van der Waals surface area contributed by atoms with Crippen molar-refractivity contribution in [3.63, 3.8) is 0 Å². The standard InChI is InChI=1S/C14H15Cl4N3O3S/c1-24-11(23)7-6-10(22)20-12(14(16,17)18)21-13(25)19-9-5-3-2-4-8(9)15/h2-5,12H,6-7H2,1H3,(H,20,22)(H2,19,21,25)/t12-/m1/s1. The molecule has 0 spiro atoms. The first-order valence-corrected chi connectivity index (χ1v) is 8.80. The maximum absolute atomic E-state index is 11.9. The van der Waals surface area contributed by atoms with Gasteiger partial charge in [0.05, 0.1) is 24.2 Å². The number of methoxy groups -OCH3 is 1. The summed E-state index contributed by atoms with van der Waals surface area (Å²) in [6.45, 7) is 0. The van der Waals surface area contributed by atoms with Crippen LogP contribution in [0.25, 0.3) is 0 Å². The van der Waals surface area contributed by atoms with Gasteiger partial charge in [-0.1, -0.05) is 58.5 Å². The van der Waals surface area contributed by atoms with Crippen molar-refractivity contribution in [1.82, 2.24) is 10.6 Å². The van der Waals surface area contributed by atoms with Crippen LogP contribution in [0, 0.1) is 0 Å². The molecule has 1 amide bonds. The summed E-state index contributed by atoms with van der Waals surface area (Å²) < 4.78 is 2.56. The van der Waals surface area contributed by atoms with Gasteiger partial charge in [-0.25, -0.2) is 0 Å². The number of para-hydroxylation sites is 1. The van der Waals surface area contributed by atoms with Gasteiger partial charge in [-0.3, -0.25) is 9.59 Å². The molecule has 6 nitrogen and oxygen atoms in total. The predicted octanol–water partition coefficient (Wildman–Crippen LogP) is 3.39. The first-order chi connectivity index (χ1) is 11.6. The zero-order valence-corrected chi connectivity index (χ0v) is 16.8. The van der Waals surface area contributed by atoms with E-state index < -0.39 is 21.8 Å². The van der Waals surface area contributed by atoms with E-state index in [9.17, 15) is 9.59 Å². The lowest BCUT2D eigenvalue weighted by atomic mass is 10.3. The summed E-state index contributed by atoms with van der Waals surface area (Å²) in [5.74, 6) is -1.04. The van der Waals surface area contributed by atoms with E-state index in [2.05, 4.69) is 20.7 Å². The normalized spacial score (nSPS) is 12.0. The molecule has 1 rings (SSSR count). The quantitative estimate of drug-likeness (QED) is 0.269. The van der Waals surface area contributed by atoms with Crippen LogP contribution in [0.1, 0.15) is 12.8 Å². The molecule has 11 heteroatoms. The Bertz CT molecular complexity index is 640. The molecule has 138 valence electrons. The summed E-state index contributed by atoms with van der Waals surface area (Å²) in [5, 5.41) is 8.49. The first kappa shape index (κ1) is 22.1. The van der Waals surface area contributed by atoms with Crippen LogP contribution in [0.2, 0.25) is 5.02 Å². The van der Waals surface area contributed by atoms with Crippen LogP contribution in [0.3, 0.4) is 0 Å². The Balaban J connectivity index is 2.67. The van der Waals surface area contributed by atoms with Crippen molar-refractivity contribution in [2.45, 2.75) is 22.8 Å². The molecule has 0 aromatic heterocycles. The minimum atomic E-state index is -1.90. The third-order valence-corrected chi connectivity index (χ3v) is 4.02. The number of anilines is 1. The lowest BCUT2D eigenvalue weighted by Crippen LogP contribution is -2.56. The van der Waals surface area contributed by atoms with Crippen molar-refractivity contribution in [1.29, 1.82) is 0 Å². The number of alkyl halides is 3. The highest BCUT2D eigenvalue weighted by molar-refractivity contribution is 7.80. The molecule has 0 unspecified atom stereocenters. The fraction of sp³-hybridized carbons (Fsp3) is 0.357. The summed E-state index contributed by atoms with van der Waals surface area (Å²) in [7, 11) is 1.23. The number of carbonyl (C=O) groups excluding carboxylic acids is 2. The number of thiocarbonyl (C=S) groups is 1. The lowest BCUT2D eigenvalue weighted by Gasteiger charge is -2.27. The highest BCUT2D eigenvalue weighted by Gasteiger charge is 2.34. The smallest absolute Gasteiger partial charge is 0.306 e. The Morgan fingerprint density at radius 3 is 2.40 bits per heavy atom. The van der Waals surface area contributed by atoms with Crippen molar-refractivity contribution in [3.05, 3.63) is 29.3 Å². The fourth-order valence-electron chi connectivity index (χ4n) is 1.60. The molecule has 0 aliphatic heterocycles. The second kappa shape index (κ2) is 10.2. The largest absolute Gasteiger partial charge is 0.469 e. The molecular formula is C14H15Cl4N3O3S. The summed E-state index contributed by atoms with van der Waals surface area (Å²) in [4.78, 5) is 23.0. The van der Waals surface area contributed by atoms with E-state index in [0.29, 0.717) is 10.7 Å². The molecule has 0 saturated heterocycles. The minimum absolute atomic E-state index is 0.0812. The topological polar surface area (TPSA) is 79.5 Å². The third-order valence-electron chi connectivity index (χ3n) is 2.81. The van der Waals surface area contributed by atoms with Crippen molar-refractivity contribution in [2.75, 3.05) is 12.4 Å². The number of rotatable bonds is 6. The predicted molar refractivity (Wildman–Crippen MR) is 104 cm³/mol. The molecule has 0 heterocycles. The Morgan fingerprint density at radius 1 is 1.20 bits per heavy atom. The zero-order valence-electron chi connectivity index (χ0n) is 12.9. The van der Waals surface area contributed by atoms with E-state index in [1.54, 1.807) is 24.3 Å². The Morgan fingerprint density at radius 2 is 1.84 bits per heavy atom. The van der Waals surface area contributed by atoms with Gasteiger partial charge in [0.2, 0.25) is 9.70 Å². The summed E-state index contributed by atoms with van der Waals surface area (Å²) in [6, 6.07) is 6.90. The van der Waals surface area contributed by atoms with Crippen LogP contribution >= 0.6 is 58.6 Å².